The Morgan fingerprint density at radius 1 is 1.13 bits per heavy atom. The zero-order chi connectivity index (χ0) is 22.6. The minimum atomic E-state index is -4.37. The number of ether oxygens (including phenoxy) is 1. The van der Waals surface area contributed by atoms with Gasteiger partial charge in [0.1, 0.15) is 18.5 Å². The Hall–Kier alpha value is -2.92. The van der Waals surface area contributed by atoms with Crippen LogP contribution in [0.15, 0.2) is 58.4 Å². The van der Waals surface area contributed by atoms with Gasteiger partial charge in [0, 0.05) is 12.1 Å². The van der Waals surface area contributed by atoms with Gasteiger partial charge in [-0.1, -0.05) is 36.4 Å². The molecule has 1 aliphatic heterocycles. The molecule has 0 spiro atoms. The third kappa shape index (κ3) is 6.05. The predicted molar refractivity (Wildman–Crippen MR) is 107 cm³/mol. The molecule has 3 rings (SSSR count). The summed E-state index contributed by atoms with van der Waals surface area (Å²) in [7, 11) is -3.69. The van der Waals surface area contributed by atoms with Gasteiger partial charge in [-0.15, -0.1) is 0 Å². The maximum Gasteiger partial charge on any atom is 0.411 e. The maximum atomic E-state index is 12.4. The second kappa shape index (κ2) is 9.06. The summed E-state index contributed by atoms with van der Waals surface area (Å²) in [5, 5.41) is 2.70. The number of halogens is 3. The fraction of sp³-hybridized carbons (Fsp3) is 0.300. The molecule has 0 saturated heterocycles. The van der Waals surface area contributed by atoms with Crippen LogP contribution in [-0.2, 0) is 32.7 Å². The van der Waals surface area contributed by atoms with E-state index in [1.54, 1.807) is 49.4 Å². The molecule has 11 heteroatoms. The summed E-state index contributed by atoms with van der Waals surface area (Å²) in [4.78, 5) is 16.7. The highest BCUT2D eigenvalue weighted by Gasteiger charge is 2.31. The Balaban J connectivity index is 1.55. The Labute approximate surface area is 177 Å². The molecule has 1 amide bonds. The first kappa shape index (κ1) is 22.8. The van der Waals surface area contributed by atoms with Gasteiger partial charge in [-0.25, -0.2) is 8.42 Å². The van der Waals surface area contributed by atoms with E-state index in [2.05, 4.69) is 19.8 Å². The zero-order valence-electron chi connectivity index (χ0n) is 16.4. The molecule has 0 radical (unpaired) electrons. The highest BCUT2D eigenvalue weighted by Crippen LogP contribution is 2.22. The summed E-state index contributed by atoms with van der Waals surface area (Å²) < 4.78 is 67.5. The average Bonchev–Trinajstić information content (AvgIpc) is 2.96. The van der Waals surface area contributed by atoms with E-state index in [0.29, 0.717) is 11.1 Å². The number of nitrogens with one attached hydrogen (secondary N) is 2. The van der Waals surface area contributed by atoms with Gasteiger partial charge in [0.25, 0.3) is 10.0 Å². The minimum absolute atomic E-state index is 0.112. The molecule has 2 aromatic carbocycles. The molecule has 1 atom stereocenters. The standard InChI is InChI=1S/C20H20F3N3O4S/c1-13(25-18-16-4-2-3-5-17(16)31(28,29)26-18)19(27)24-10-14-6-8-15(9-7-14)11-30-12-20(21,22)23/h2-9,13H,10-12H2,1H3,(H,24,27)(H,25,26)/t13-/m0/s1. The number of carbonyl (C=O) groups excluding carboxylic acids is 1. The van der Waals surface area contributed by atoms with Crippen molar-refractivity contribution in [3.63, 3.8) is 0 Å². The van der Waals surface area contributed by atoms with Crippen LogP contribution < -0.4 is 10.0 Å². The topological polar surface area (TPSA) is 96.9 Å². The quantitative estimate of drug-likeness (QED) is 0.671. The normalized spacial score (nSPS) is 17.1. The molecule has 0 saturated carbocycles. The first-order chi connectivity index (χ1) is 14.5. The van der Waals surface area contributed by atoms with Crippen molar-refractivity contribution in [1.29, 1.82) is 0 Å². The maximum absolute atomic E-state index is 12.4. The van der Waals surface area contributed by atoms with Gasteiger partial charge in [-0.05, 0) is 30.2 Å². The van der Waals surface area contributed by atoms with Crippen LogP contribution >= 0.6 is 0 Å². The molecule has 0 fully saturated rings. The van der Waals surface area contributed by atoms with Crippen LogP contribution in [0.4, 0.5) is 13.2 Å². The van der Waals surface area contributed by atoms with E-state index in [1.165, 1.54) is 6.07 Å². The largest absolute Gasteiger partial charge is 0.411 e. The van der Waals surface area contributed by atoms with Crippen LogP contribution in [0.25, 0.3) is 0 Å². The number of fused-ring (bicyclic) bond motifs is 1. The van der Waals surface area contributed by atoms with Gasteiger partial charge in [-0.3, -0.25) is 14.5 Å². The molecule has 1 heterocycles. The van der Waals surface area contributed by atoms with Crippen LogP contribution in [0.1, 0.15) is 23.6 Å². The fourth-order valence-electron chi connectivity index (χ4n) is 2.86. The first-order valence-electron chi connectivity index (χ1n) is 9.25. The van der Waals surface area contributed by atoms with Gasteiger partial charge in [-0.2, -0.15) is 13.2 Å². The van der Waals surface area contributed by atoms with E-state index in [1.807, 2.05) is 0 Å². The van der Waals surface area contributed by atoms with E-state index in [-0.39, 0.29) is 23.9 Å². The molecule has 0 aromatic heterocycles. The summed E-state index contributed by atoms with van der Waals surface area (Å²) in [6, 6.07) is 12.1. The van der Waals surface area contributed by atoms with Crippen LogP contribution in [-0.4, -0.2) is 39.0 Å². The summed E-state index contributed by atoms with van der Waals surface area (Å²) >= 11 is 0. The summed E-state index contributed by atoms with van der Waals surface area (Å²) in [5.41, 5.74) is 1.72. The molecule has 7 nitrogen and oxygen atoms in total. The molecule has 0 bridgehead atoms. The molecule has 2 N–H and O–H groups in total. The second-order valence-electron chi connectivity index (χ2n) is 6.90. The summed E-state index contributed by atoms with van der Waals surface area (Å²) in [6.45, 7) is 0.239. The van der Waals surface area contributed by atoms with Gasteiger partial charge < -0.3 is 10.1 Å². The molecule has 0 unspecified atom stereocenters. The van der Waals surface area contributed by atoms with Crippen molar-refractivity contribution >= 4 is 21.8 Å². The molecule has 31 heavy (non-hydrogen) atoms. The lowest BCUT2D eigenvalue weighted by Crippen LogP contribution is -2.33. The Morgan fingerprint density at radius 2 is 1.77 bits per heavy atom. The third-order valence-corrected chi connectivity index (χ3v) is 5.79. The number of amides is 1. The smallest absolute Gasteiger partial charge is 0.367 e. The zero-order valence-corrected chi connectivity index (χ0v) is 17.3. The van der Waals surface area contributed by atoms with Gasteiger partial charge >= 0.3 is 6.18 Å². The van der Waals surface area contributed by atoms with Crippen LogP contribution in [0.3, 0.4) is 0 Å². The van der Waals surface area contributed by atoms with Crippen molar-refractivity contribution in [3.05, 3.63) is 65.2 Å². The second-order valence-corrected chi connectivity index (χ2v) is 8.55. The predicted octanol–water partition coefficient (Wildman–Crippen LogP) is 2.51. The Bertz CT molecular complexity index is 1080. The van der Waals surface area contributed by atoms with E-state index < -0.39 is 34.8 Å². The molecule has 1 aliphatic rings. The summed E-state index contributed by atoms with van der Waals surface area (Å²) in [6.07, 6.45) is -4.37. The first-order valence-corrected chi connectivity index (χ1v) is 10.7. The molecule has 166 valence electrons. The minimum Gasteiger partial charge on any atom is -0.367 e. The van der Waals surface area contributed by atoms with Crippen molar-refractivity contribution in [2.75, 3.05) is 6.61 Å². The lowest BCUT2D eigenvalue weighted by Gasteiger charge is -2.11. The average molecular weight is 455 g/mol. The monoisotopic (exact) mass is 455 g/mol. The number of sulfonamides is 1. The molecular formula is C20H20F3N3O4S. The number of hydrogen-bond donors (Lipinski definition) is 2. The summed E-state index contributed by atoms with van der Waals surface area (Å²) in [5.74, 6) is -0.296. The number of benzene rings is 2. The van der Waals surface area contributed by atoms with Crippen LogP contribution in [0.2, 0.25) is 0 Å². The lowest BCUT2D eigenvalue weighted by atomic mass is 10.1. The van der Waals surface area contributed by atoms with Crippen LogP contribution in [0, 0.1) is 0 Å². The van der Waals surface area contributed by atoms with E-state index in [0.717, 1.165) is 5.56 Å². The Kier molecular flexibility index (Phi) is 6.65. The van der Waals surface area contributed by atoms with Gasteiger partial charge in [0.15, 0.2) is 0 Å². The van der Waals surface area contributed by atoms with Crippen molar-refractivity contribution in [2.24, 2.45) is 4.99 Å². The number of nitrogens with zero attached hydrogens (tertiary/aromatic N) is 1. The third-order valence-electron chi connectivity index (χ3n) is 4.39. The van der Waals surface area contributed by atoms with Gasteiger partial charge in [0.05, 0.1) is 11.5 Å². The van der Waals surface area contributed by atoms with E-state index in [4.69, 9.17) is 0 Å². The number of rotatable bonds is 7. The van der Waals surface area contributed by atoms with E-state index in [9.17, 15) is 26.4 Å². The van der Waals surface area contributed by atoms with Gasteiger partial charge in [0.2, 0.25) is 5.91 Å². The lowest BCUT2D eigenvalue weighted by molar-refractivity contribution is -0.176. The van der Waals surface area contributed by atoms with Crippen molar-refractivity contribution in [2.45, 2.75) is 37.2 Å². The SMILES string of the molecule is C[C@H](N=C1NS(=O)(=O)c2ccccc21)C(=O)NCc1ccc(COCC(F)(F)F)cc1. The van der Waals surface area contributed by atoms with Crippen molar-refractivity contribution in [1.82, 2.24) is 10.0 Å². The molecule has 2 aromatic rings. The fourth-order valence-corrected chi connectivity index (χ4v) is 4.10. The molecule has 0 aliphatic carbocycles. The van der Waals surface area contributed by atoms with E-state index >= 15 is 0 Å². The highest BCUT2D eigenvalue weighted by molar-refractivity contribution is 7.90. The number of alkyl halides is 3. The number of aliphatic imine (C=N–C) groups is 1. The number of carbonyl (C=O) groups is 1. The molecular weight excluding hydrogens is 435 g/mol. The van der Waals surface area contributed by atoms with Crippen LogP contribution in [0.5, 0.6) is 0 Å². The number of hydrogen-bond acceptors (Lipinski definition) is 5. The number of amidine groups is 1. The Morgan fingerprint density at radius 3 is 2.45 bits per heavy atom. The van der Waals surface area contributed by atoms with Crippen molar-refractivity contribution < 1.29 is 31.1 Å². The highest BCUT2D eigenvalue weighted by atomic mass is 32.2. The van der Waals surface area contributed by atoms with Crippen molar-refractivity contribution in [3.8, 4) is 0 Å².